The molecule has 78 valence electrons. The number of fused-ring (bicyclic) bond motifs is 1. The Morgan fingerprint density at radius 3 is 2.87 bits per heavy atom. The first kappa shape index (κ1) is 9.50. The van der Waals surface area contributed by atoms with Crippen molar-refractivity contribution in [1.29, 1.82) is 0 Å². The van der Waals surface area contributed by atoms with Crippen LogP contribution in [-0.4, -0.2) is 25.4 Å². The molecule has 2 aromatic rings. The molecular formula is C8H5F2N3O2. The van der Waals surface area contributed by atoms with Gasteiger partial charge in [0.15, 0.2) is 5.69 Å². The van der Waals surface area contributed by atoms with Gasteiger partial charge in [0.25, 0.3) is 6.43 Å². The smallest absolute Gasteiger partial charge is 0.356 e. The maximum atomic E-state index is 12.5. The standard InChI is InChI=1S/C8H5F2N3O2/c9-6(10)5-1-2-11-8-12-4(7(14)15)3-13(5)8/h1-3,6H,(H,14,15). The Morgan fingerprint density at radius 1 is 1.53 bits per heavy atom. The summed E-state index contributed by atoms with van der Waals surface area (Å²) in [5.41, 5.74) is -0.643. The number of imidazole rings is 1. The van der Waals surface area contributed by atoms with Crippen LogP contribution in [-0.2, 0) is 0 Å². The van der Waals surface area contributed by atoms with Gasteiger partial charge in [0.05, 0.1) is 5.69 Å². The summed E-state index contributed by atoms with van der Waals surface area (Å²) in [6, 6.07) is 1.12. The third kappa shape index (κ3) is 1.51. The molecule has 0 aromatic carbocycles. The van der Waals surface area contributed by atoms with Gasteiger partial charge in [-0.25, -0.2) is 23.5 Å². The number of carbonyl (C=O) groups is 1. The number of hydrogen-bond donors (Lipinski definition) is 1. The summed E-state index contributed by atoms with van der Waals surface area (Å²) in [4.78, 5) is 17.8. The highest BCUT2D eigenvalue weighted by atomic mass is 19.3. The molecule has 15 heavy (non-hydrogen) atoms. The summed E-state index contributed by atoms with van der Waals surface area (Å²) in [5.74, 6) is -1.33. The van der Waals surface area contributed by atoms with E-state index in [1.807, 2.05) is 0 Å². The van der Waals surface area contributed by atoms with E-state index in [1.165, 1.54) is 0 Å². The van der Waals surface area contributed by atoms with Crippen LogP contribution in [0.1, 0.15) is 22.6 Å². The summed E-state index contributed by atoms with van der Waals surface area (Å²) in [6.45, 7) is 0. The molecule has 2 rings (SSSR count). The van der Waals surface area contributed by atoms with Crippen molar-refractivity contribution in [2.24, 2.45) is 0 Å². The Balaban J connectivity index is 2.69. The number of halogens is 2. The van der Waals surface area contributed by atoms with Crippen LogP contribution < -0.4 is 0 Å². The molecule has 0 spiro atoms. The average Bonchev–Trinajstić information content (AvgIpc) is 2.60. The number of aromatic carboxylic acids is 1. The van der Waals surface area contributed by atoms with E-state index in [2.05, 4.69) is 9.97 Å². The molecule has 0 saturated carbocycles. The molecule has 5 nitrogen and oxygen atoms in total. The number of nitrogens with zero attached hydrogens (tertiary/aromatic N) is 3. The van der Waals surface area contributed by atoms with Crippen molar-refractivity contribution >= 4 is 11.7 Å². The van der Waals surface area contributed by atoms with E-state index in [9.17, 15) is 13.6 Å². The molecule has 0 unspecified atom stereocenters. The lowest BCUT2D eigenvalue weighted by Gasteiger charge is -2.01. The van der Waals surface area contributed by atoms with Crippen molar-refractivity contribution in [3.63, 3.8) is 0 Å². The lowest BCUT2D eigenvalue weighted by molar-refractivity contribution is 0.0691. The van der Waals surface area contributed by atoms with Gasteiger partial charge in [-0.05, 0) is 6.07 Å². The van der Waals surface area contributed by atoms with E-state index in [0.29, 0.717) is 0 Å². The van der Waals surface area contributed by atoms with Crippen LogP contribution in [0.4, 0.5) is 8.78 Å². The van der Waals surface area contributed by atoms with Crippen LogP contribution in [0.25, 0.3) is 5.78 Å². The fourth-order valence-corrected chi connectivity index (χ4v) is 1.19. The Labute approximate surface area is 82.0 Å². The van der Waals surface area contributed by atoms with Gasteiger partial charge in [0.1, 0.15) is 0 Å². The fourth-order valence-electron chi connectivity index (χ4n) is 1.19. The second-order valence-electron chi connectivity index (χ2n) is 2.77. The minimum absolute atomic E-state index is 0.0507. The fraction of sp³-hybridized carbons (Fsp3) is 0.125. The highest BCUT2D eigenvalue weighted by molar-refractivity contribution is 5.85. The first-order chi connectivity index (χ1) is 7.09. The topological polar surface area (TPSA) is 67.5 Å². The minimum Gasteiger partial charge on any atom is -0.476 e. The van der Waals surface area contributed by atoms with Gasteiger partial charge in [0, 0.05) is 12.4 Å². The Bertz CT molecular complexity index is 524. The van der Waals surface area contributed by atoms with Crippen molar-refractivity contribution in [1.82, 2.24) is 14.4 Å². The van der Waals surface area contributed by atoms with E-state index in [4.69, 9.17) is 5.11 Å². The Hall–Kier alpha value is -2.05. The molecule has 0 aliphatic carbocycles. The molecule has 0 radical (unpaired) electrons. The average molecular weight is 213 g/mol. The summed E-state index contributed by atoms with van der Waals surface area (Å²) in [7, 11) is 0. The van der Waals surface area contributed by atoms with Gasteiger partial charge in [-0.2, -0.15) is 0 Å². The number of carboxylic acid groups (broad SMARTS) is 1. The van der Waals surface area contributed by atoms with E-state index < -0.39 is 12.4 Å². The number of hydrogen-bond acceptors (Lipinski definition) is 3. The molecule has 0 atom stereocenters. The van der Waals surface area contributed by atoms with Crippen LogP contribution >= 0.6 is 0 Å². The lowest BCUT2D eigenvalue weighted by Crippen LogP contribution is -1.97. The summed E-state index contributed by atoms with van der Waals surface area (Å²) in [6.07, 6.45) is -0.520. The van der Waals surface area contributed by atoms with Crippen molar-refractivity contribution in [2.45, 2.75) is 6.43 Å². The second kappa shape index (κ2) is 3.26. The van der Waals surface area contributed by atoms with Gasteiger partial charge in [-0.3, -0.25) is 4.40 Å². The van der Waals surface area contributed by atoms with E-state index >= 15 is 0 Å². The van der Waals surface area contributed by atoms with E-state index in [1.54, 1.807) is 0 Å². The molecule has 0 fully saturated rings. The largest absolute Gasteiger partial charge is 0.476 e. The quantitative estimate of drug-likeness (QED) is 0.817. The van der Waals surface area contributed by atoms with E-state index in [0.717, 1.165) is 22.9 Å². The number of alkyl halides is 2. The number of aromatic nitrogens is 3. The van der Waals surface area contributed by atoms with Gasteiger partial charge in [-0.15, -0.1) is 0 Å². The molecule has 2 aromatic heterocycles. The molecule has 0 bridgehead atoms. The molecule has 7 heteroatoms. The monoisotopic (exact) mass is 213 g/mol. The second-order valence-corrected chi connectivity index (χ2v) is 2.77. The SMILES string of the molecule is O=C(O)c1cn2c(C(F)F)ccnc2n1. The molecule has 1 N–H and O–H groups in total. The van der Waals surface area contributed by atoms with Crippen molar-refractivity contribution < 1.29 is 18.7 Å². The van der Waals surface area contributed by atoms with Gasteiger partial charge in [0.2, 0.25) is 5.78 Å². The molecular weight excluding hydrogens is 208 g/mol. The Morgan fingerprint density at radius 2 is 2.27 bits per heavy atom. The molecule has 0 aliphatic heterocycles. The molecule has 2 heterocycles. The number of rotatable bonds is 2. The molecule has 0 saturated heterocycles. The highest BCUT2D eigenvalue weighted by Crippen LogP contribution is 2.19. The summed E-state index contributed by atoms with van der Waals surface area (Å²) in [5, 5.41) is 8.62. The van der Waals surface area contributed by atoms with E-state index in [-0.39, 0.29) is 17.2 Å². The Kier molecular flexibility index (Phi) is 2.07. The van der Waals surface area contributed by atoms with Gasteiger partial charge < -0.3 is 5.11 Å². The van der Waals surface area contributed by atoms with Crippen LogP contribution in [0.15, 0.2) is 18.5 Å². The maximum absolute atomic E-state index is 12.5. The lowest BCUT2D eigenvalue weighted by atomic mass is 10.4. The molecule has 0 aliphatic rings. The zero-order valence-corrected chi connectivity index (χ0v) is 7.26. The van der Waals surface area contributed by atoms with Crippen LogP contribution in [0.3, 0.4) is 0 Å². The highest BCUT2D eigenvalue weighted by Gasteiger charge is 2.15. The predicted octanol–water partition coefficient (Wildman–Crippen LogP) is 1.37. The third-order valence-electron chi connectivity index (χ3n) is 1.84. The molecule has 0 amide bonds. The van der Waals surface area contributed by atoms with Crippen molar-refractivity contribution in [3.05, 3.63) is 29.8 Å². The van der Waals surface area contributed by atoms with Gasteiger partial charge in [-0.1, -0.05) is 0 Å². The maximum Gasteiger partial charge on any atom is 0.356 e. The first-order valence-electron chi connectivity index (χ1n) is 3.95. The zero-order chi connectivity index (χ0) is 11.0. The van der Waals surface area contributed by atoms with Gasteiger partial charge >= 0.3 is 5.97 Å². The summed E-state index contributed by atoms with van der Waals surface area (Å²) < 4.78 is 25.9. The third-order valence-corrected chi connectivity index (χ3v) is 1.84. The van der Waals surface area contributed by atoms with Crippen molar-refractivity contribution in [3.8, 4) is 0 Å². The predicted molar refractivity (Wildman–Crippen MR) is 44.9 cm³/mol. The van der Waals surface area contributed by atoms with Crippen molar-refractivity contribution in [2.75, 3.05) is 0 Å². The van der Waals surface area contributed by atoms with Crippen LogP contribution in [0.5, 0.6) is 0 Å². The van der Waals surface area contributed by atoms with Crippen LogP contribution in [0, 0.1) is 0 Å². The first-order valence-corrected chi connectivity index (χ1v) is 3.95. The number of carboxylic acids is 1. The van der Waals surface area contributed by atoms with Crippen LogP contribution in [0.2, 0.25) is 0 Å². The minimum atomic E-state index is -2.70. The normalized spacial score (nSPS) is 11.1. The summed E-state index contributed by atoms with van der Waals surface area (Å²) >= 11 is 0. The zero-order valence-electron chi connectivity index (χ0n) is 7.26.